The van der Waals surface area contributed by atoms with Crippen LogP contribution in [0.4, 0.5) is 0 Å². The fourth-order valence-electron chi connectivity index (χ4n) is 2.22. The first kappa shape index (κ1) is 15.2. The molecule has 1 aromatic rings. The lowest BCUT2D eigenvalue weighted by Crippen LogP contribution is -2.35. The highest BCUT2D eigenvalue weighted by molar-refractivity contribution is 8.00. The van der Waals surface area contributed by atoms with Crippen molar-refractivity contribution >= 4 is 17.7 Å². The molecule has 2 rings (SSSR count). The van der Waals surface area contributed by atoms with Gasteiger partial charge in [-0.05, 0) is 38.2 Å². The highest BCUT2D eigenvalue weighted by atomic mass is 32.2. The van der Waals surface area contributed by atoms with Gasteiger partial charge < -0.3 is 14.5 Å². The molecule has 0 aliphatic carbocycles. The Balaban J connectivity index is 1.84. The molecule has 1 amide bonds. The fraction of sp³-hybridized carbons (Fsp3) is 0.533. The molecule has 1 aliphatic rings. The molecule has 0 spiro atoms. The minimum Gasteiger partial charge on any atom is -0.497 e. The molecule has 110 valence electrons. The summed E-state index contributed by atoms with van der Waals surface area (Å²) in [6, 6.07) is 7.84. The number of nitrogens with zero attached hydrogens (tertiary/aromatic N) is 2. The second kappa shape index (κ2) is 7.55. The monoisotopic (exact) mass is 294 g/mol. The predicted octanol–water partition coefficient (Wildman–Crippen LogP) is 1.95. The van der Waals surface area contributed by atoms with Gasteiger partial charge in [0.2, 0.25) is 5.91 Å². The molecule has 0 aromatic heterocycles. The third-order valence-corrected chi connectivity index (χ3v) is 4.45. The number of hydrogen-bond acceptors (Lipinski definition) is 4. The van der Waals surface area contributed by atoms with Crippen LogP contribution >= 0.6 is 11.8 Å². The molecule has 0 bridgehead atoms. The Hall–Kier alpha value is -1.20. The summed E-state index contributed by atoms with van der Waals surface area (Å²) in [6.07, 6.45) is 1.06. The van der Waals surface area contributed by atoms with E-state index in [0.717, 1.165) is 43.2 Å². The van der Waals surface area contributed by atoms with Gasteiger partial charge in [-0.25, -0.2) is 0 Å². The standard InChI is InChI=1S/C15H22N2O2S/c1-16-7-4-8-17(10-9-16)15(18)12-20-14-6-3-5-13(11-14)19-2/h3,5-6,11H,4,7-10,12H2,1-2H3. The average Bonchev–Trinajstić information content (AvgIpc) is 2.70. The molecule has 0 unspecified atom stereocenters. The van der Waals surface area contributed by atoms with Crippen LogP contribution in [-0.4, -0.2) is 61.8 Å². The summed E-state index contributed by atoms with van der Waals surface area (Å²) >= 11 is 1.57. The SMILES string of the molecule is COc1cccc(SCC(=O)N2CCCN(C)CC2)c1. The van der Waals surface area contributed by atoms with E-state index in [-0.39, 0.29) is 5.91 Å². The first-order valence-corrected chi connectivity index (χ1v) is 7.91. The number of benzene rings is 1. The molecule has 1 saturated heterocycles. The van der Waals surface area contributed by atoms with Gasteiger partial charge in [0.25, 0.3) is 0 Å². The minimum absolute atomic E-state index is 0.230. The molecule has 1 fully saturated rings. The molecule has 1 heterocycles. The molecule has 0 N–H and O–H groups in total. The van der Waals surface area contributed by atoms with Crippen LogP contribution in [0, 0.1) is 0 Å². The number of thioether (sulfide) groups is 1. The van der Waals surface area contributed by atoms with Crippen LogP contribution < -0.4 is 4.74 Å². The Morgan fingerprint density at radius 2 is 2.15 bits per heavy atom. The van der Waals surface area contributed by atoms with Gasteiger partial charge in [0.05, 0.1) is 12.9 Å². The number of likely N-dealkylation sites (N-methyl/N-ethyl adjacent to an activating group) is 1. The Bertz CT molecular complexity index is 453. The molecule has 0 radical (unpaired) electrons. The first-order valence-electron chi connectivity index (χ1n) is 6.92. The van der Waals surface area contributed by atoms with Crippen molar-refractivity contribution < 1.29 is 9.53 Å². The zero-order chi connectivity index (χ0) is 14.4. The van der Waals surface area contributed by atoms with Gasteiger partial charge in [-0.3, -0.25) is 4.79 Å². The topological polar surface area (TPSA) is 32.8 Å². The number of amides is 1. The van der Waals surface area contributed by atoms with E-state index in [1.807, 2.05) is 29.2 Å². The second-order valence-electron chi connectivity index (χ2n) is 5.01. The molecule has 1 aliphatic heterocycles. The summed E-state index contributed by atoms with van der Waals surface area (Å²) in [6.45, 7) is 3.76. The summed E-state index contributed by atoms with van der Waals surface area (Å²) in [5.74, 6) is 1.56. The third-order valence-electron chi connectivity index (χ3n) is 3.48. The fourth-order valence-corrected chi connectivity index (χ4v) is 3.07. The normalized spacial score (nSPS) is 16.8. The lowest BCUT2D eigenvalue weighted by atomic mass is 10.3. The van der Waals surface area contributed by atoms with E-state index in [4.69, 9.17) is 4.74 Å². The average molecular weight is 294 g/mol. The van der Waals surface area contributed by atoms with Crippen molar-refractivity contribution in [1.82, 2.24) is 9.80 Å². The maximum absolute atomic E-state index is 12.2. The lowest BCUT2D eigenvalue weighted by Gasteiger charge is -2.20. The number of carbonyl (C=O) groups is 1. The van der Waals surface area contributed by atoms with E-state index in [9.17, 15) is 4.79 Å². The molecule has 0 saturated carbocycles. The van der Waals surface area contributed by atoms with Gasteiger partial charge in [-0.15, -0.1) is 11.8 Å². The van der Waals surface area contributed by atoms with Crippen LogP contribution in [0.1, 0.15) is 6.42 Å². The number of rotatable bonds is 4. The molecule has 0 atom stereocenters. The van der Waals surface area contributed by atoms with E-state index >= 15 is 0 Å². The summed E-state index contributed by atoms with van der Waals surface area (Å²) in [5, 5.41) is 0. The van der Waals surface area contributed by atoms with Crippen molar-refractivity contribution in [3.8, 4) is 5.75 Å². The Kier molecular flexibility index (Phi) is 5.73. The smallest absolute Gasteiger partial charge is 0.232 e. The maximum Gasteiger partial charge on any atom is 0.232 e. The zero-order valence-electron chi connectivity index (χ0n) is 12.2. The van der Waals surface area contributed by atoms with Gasteiger partial charge in [-0.1, -0.05) is 6.07 Å². The van der Waals surface area contributed by atoms with Gasteiger partial charge in [-0.2, -0.15) is 0 Å². The lowest BCUT2D eigenvalue weighted by molar-refractivity contribution is -0.128. The van der Waals surface area contributed by atoms with E-state index in [1.54, 1.807) is 18.9 Å². The number of ether oxygens (including phenoxy) is 1. The first-order chi connectivity index (χ1) is 9.69. The van der Waals surface area contributed by atoms with Crippen LogP contribution in [-0.2, 0) is 4.79 Å². The van der Waals surface area contributed by atoms with Crippen molar-refractivity contribution in [2.45, 2.75) is 11.3 Å². The number of methoxy groups -OCH3 is 1. The quantitative estimate of drug-likeness (QED) is 0.795. The van der Waals surface area contributed by atoms with Crippen molar-refractivity contribution in [2.75, 3.05) is 46.1 Å². The van der Waals surface area contributed by atoms with Crippen LogP contribution in [0.5, 0.6) is 5.75 Å². The van der Waals surface area contributed by atoms with Gasteiger partial charge in [0, 0.05) is 24.5 Å². The Labute approximate surface area is 125 Å². The molecule has 4 nitrogen and oxygen atoms in total. The summed E-state index contributed by atoms with van der Waals surface area (Å²) in [7, 11) is 3.77. The summed E-state index contributed by atoms with van der Waals surface area (Å²) in [4.78, 5) is 17.6. The van der Waals surface area contributed by atoms with E-state index in [2.05, 4.69) is 11.9 Å². The number of carbonyl (C=O) groups excluding carboxylic acids is 1. The zero-order valence-corrected chi connectivity index (χ0v) is 13.0. The summed E-state index contributed by atoms with van der Waals surface area (Å²) in [5.41, 5.74) is 0. The predicted molar refractivity (Wildman–Crippen MR) is 82.4 cm³/mol. The molecule has 1 aromatic carbocycles. The van der Waals surface area contributed by atoms with Crippen LogP contribution in [0.25, 0.3) is 0 Å². The van der Waals surface area contributed by atoms with Crippen molar-refractivity contribution in [2.24, 2.45) is 0 Å². The maximum atomic E-state index is 12.2. The Morgan fingerprint density at radius 3 is 2.95 bits per heavy atom. The van der Waals surface area contributed by atoms with Crippen LogP contribution in [0.3, 0.4) is 0 Å². The molecular formula is C15H22N2O2S. The minimum atomic E-state index is 0.230. The molecular weight excluding hydrogens is 272 g/mol. The third kappa shape index (κ3) is 4.42. The van der Waals surface area contributed by atoms with Crippen LogP contribution in [0.15, 0.2) is 29.2 Å². The van der Waals surface area contributed by atoms with Crippen molar-refractivity contribution in [3.05, 3.63) is 24.3 Å². The van der Waals surface area contributed by atoms with Crippen molar-refractivity contribution in [3.63, 3.8) is 0 Å². The second-order valence-corrected chi connectivity index (χ2v) is 6.05. The van der Waals surface area contributed by atoms with Gasteiger partial charge in [0.1, 0.15) is 5.75 Å². The Morgan fingerprint density at radius 1 is 1.30 bits per heavy atom. The molecule has 5 heteroatoms. The van der Waals surface area contributed by atoms with E-state index in [0.29, 0.717) is 5.75 Å². The molecule has 20 heavy (non-hydrogen) atoms. The van der Waals surface area contributed by atoms with Crippen molar-refractivity contribution in [1.29, 1.82) is 0 Å². The summed E-state index contributed by atoms with van der Waals surface area (Å²) < 4.78 is 5.19. The van der Waals surface area contributed by atoms with E-state index < -0.39 is 0 Å². The largest absolute Gasteiger partial charge is 0.497 e. The number of hydrogen-bond donors (Lipinski definition) is 0. The van der Waals surface area contributed by atoms with Gasteiger partial charge in [0.15, 0.2) is 0 Å². The van der Waals surface area contributed by atoms with Crippen LogP contribution in [0.2, 0.25) is 0 Å². The van der Waals surface area contributed by atoms with E-state index in [1.165, 1.54) is 0 Å². The highest BCUT2D eigenvalue weighted by Crippen LogP contribution is 2.23. The van der Waals surface area contributed by atoms with Gasteiger partial charge >= 0.3 is 0 Å². The highest BCUT2D eigenvalue weighted by Gasteiger charge is 2.17.